The van der Waals surface area contributed by atoms with E-state index >= 15 is 0 Å². The number of amides is 1. The van der Waals surface area contributed by atoms with Crippen LogP contribution < -0.4 is 10.6 Å². The zero-order valence-electron chi connectivity index (χ0n) is 17.2. The van der Waals surface area contributed by atoms with Gasteiger partial charge in [-0.2, -0.15) is 0 Å². The van der Waals surface area contributed by atoms with E-state index < -0.39 is 0 Å². The summed E-state index contributed by atoms with van der Waals surface area (Å²) in [5, 5.41) is 6.88. The van der Waals surface area contributed by atoms with Crippen molar-refractivity contribution in [1.29, 1.82) is 0 Å². The van der Waals surface area contributed by atoms with Crippen molar-refractivity contribution >= 4 is 35.8 Å². The summed E-state index contributed by atoms with van der Waals surface area (Å²) >= 11 is 0. The molecule has 2 unspecified atom stereocenters. The number of furan rings is 1. The van der Waals surface area contributed by atoms with E-state index in [1.165, 1.54) is 12.8 Å². The lowest BCUT2D eigenvalue weighted by atomic mass is 10.1. The first-order valence-corrected chi connectivity index (χ1v) is 10.0. The van der Waals surface area contributed by atoms with E-state index in [2.05, 4.69) is 20.5 Å². The number of nitrogens with zero attached hydrogens (tertiary/aromatic N) is 3. The van der Waals surface area contributed by atoms with E-state index in [-0.39, 0.29) is 42.0 Å². The maximum atomic E-state index is 12.6. The second-order valence-electron chi connectivity index (χ2n) is 7.84. The molecular weight excluding hydrogens is 469 g/mol. The number of hydrogen-bond acceptors (Lipinski definition) is 4. The first-order chi connectivity index (χ1) is 13.1. The van der Waals surface area contributed by atoms with Gasteiger partial charge in [-0.15, -0.1) is 24.0 Å². The van der Waals surface area contributed by atoms with E-state index in [1.807, 2.05) is 31.1 Å². The smallest absolute Gasteiger partial charge is 0.225 e. The topological polar surface area (TPSA) is 73.1 Å². The lowest BCUT2D eigenvalue weighted by molar-refractivity contribution is -0.134. The third kappa shape index (κ3) is 5.85. The van der Waals surface area contributed by atoms with Crippen LogP contribution in [0, 0.1) is 5.92 Å². The van der Waals surface area contributed by atoms with Crippen molar-refractivity contribution in [1.82, 2.24) is 20.4 Å². The van der Waals surface area contributed by atoms with Crippen LogP contribution in [0.4, 0.5) is 0 Å². The van der Waals surface area contributed by atoms with E-state index in [4.69, 9.17) is 4.42 Å². The standard InChI is InChI=1S/C20H33N5O2.HI/c1-21-20(22-13-17(24(2)3)18-9-6-12-27-18)23-16-10-11-25(14-16)19(26)15-7-4-5-8-15;/h6,9,12,15-17H,4-5,7-8,10-11,13-14H2,1-3H3,(H2,21,22,23);1H. The lowest BCUT2D eigenvalue weighted by Gasteiger charge is -2.25. The van der Waals surface area contributed by atoms with Crippen LogP contribution in [0.3, 0.4) is 0 Å². The zero-order valence-corrected chi connectivity index (χ0v) is 19.5. The highest BCUT2D eigenvalue weighted by Crippen LogP contribution is 2.27. The van der Waals surface area contributed by atoms with Crippen molar-refractivity contribution in [3.8, 4) is 0 Å². The summed E-state index contributed by atoms with van der Waals surface area (Å²) in [6, 6.07) is 4.28. The van der Waals surface area contributed by atoms with Crippen LogP contribution in [-0.4, -0.2) is 68.5 Å². The van der Waals surface area contributed by atoms with Crippen LogP contribution in [0.5, 0.6) is 0 Å². The number of hydrogen-bond donors (Lipinski definition) is 2. The molecule has 1 aromatic heterocycles. The first kappa shape index (κ1) is 23.0. The Bertz CT molecular complexity index is 629. The number of likely N-dealkylation sites (N-methyl/N-ethyl adjacent to an activating group) is 1. The average Bonchev–Trinajstić information content (AvgIpc) is 3.41. The predicted molar refractivity (Wildman–Crippen MR) is 122 cm³/mol. The van der Waals surface area contributed by atoms with Crippen LogP contribution in [0.1, 0.15) is 43.9 Å². The molecule has 2 aliphatic rings. The molecule has 0 aromatic carbocycles. The fraction of sp³-hybridized carbons (Fsp3) is 0.700. The Labute approximate surface area is 185 Å². The number of likely N-dealkylation sites (tertiary alicyclic amines) is 1. The summed E-state index contributed by atoms with van der Waals surface area (Å²) in [6.45, 7) is 2.31. The third-order valence-electron chi connectivity index (χ3n) is 5.73. The summed E-state index contributed by atoms with van der Waals surface area (Å²) in [7, 11) is 5.85. The van der Waals surface area contributed by atoms with Crippen LogP contribution >= 0.6 is 24.0 Å². The van der Waals surface area contributed by atoms with Crippen LogP contribution in [0.15, 0.2) is 27.8 Å². The molecule has 0 radical (unpaired) electrons. The number of guanidine groups is 1. The highest BCUT2D eigenvalue weighted by Gasteiger charge is 2.32. The van der Waals surface area contributed by atoms with Gasteiger partial charge in [-0.1, -0.05) is 12.8 Å². The zero-order chi connectivity index (χ0) is 19.2. The molecule has 28 heavy (non-hydrogen) atoms. The van der Waals surface area contributed by atoms with Gasteiger partial charge in [0.1, 0.15) is 5.76 Å². The second-order valence-corrected chi connectivity index (χ2v) is 7.84. The molecule has 2 atom stereocenters. The Balaban J connectivity index is 0.00000280. The second kappa shape index (κ2) is 11.0. The number of rotatable bonds is 6. The van der Waals surface area contributed by atoms with Gasteiger partial charge < -0.3 is 20.0 Å². The van der Waals surface area contributed by atoms with Gasteiger partial charge in [-0.25, -0.2) is 0 Å². The minimum absolute atomic E-state index is 0. The van der Waals surface area contributed by atoms with Gasteiger partial charge in [-0.3, -0.25) is 14.7 Å². The molecule has 8 heteroatoms. The monoisotopic (exact) mass is 503 g/mol. The number of carbonyl (C=O) groups is 1. The van der Waals surface area contributed by atoms with Gasteiger partial charge in [0.25, 0.3) is 0 Å². The molecule has 2 fully saturated rings. The molecule has 158 valence electrons. The maximum absolute atomic E-state index is 12.6. The fourth-order valence-electron chi connectivity index (χ4n) is 4.11. The molecule has 1 saturated heterocycles. The van der Waals surface area contributed by atoms with Gasteiger partial charge >= 0.3 is 0 Å². The minimum atomic E-state index is 0. The average molecular weight is 503 g/mol. The molecule has 2 heterocycles. The molecule has 1 aliphatic carbocycles. The summed E-state index contributed by atoms with van der Waals surface area (Å²) < 4.78 is 5.56. The molecule has 0 bridgehead atoms. The largest absolute Gasteiger partial charge is 0.468 e. The Morgan fingerprint density at radius 1 is 1.36 bits per heavy atom. The summed E-state index contributed by atoms with van der Waals surface area (Å²) in [4.78, 5) is 21.1. The molecular formula is C20H34IN5O2. The van der Waals surface area contributed by atoms with Crippen molar-refractivity contribution in [2.24, 2.45) is 10.9 Å². The summed E-state index contributed by atoms with van der Waals surface area (Å²) in [5.74, 6) is 2.31. The number of aliphatic imine (C=N–C) groups is 1. The van der Waals surface area contributed by atoms with E-state index in [0.717, 1.165) is 44.1 Å². The Morgan fingerprint density at radius 2 is 2.11 bits per heavy atom. The van der Waals surface area contributed by atoms with Gasteiger partial charge in [0.15, 0.2) is 5.96 Å². The van der Waals surface area contributed by atoms with E-state index in [1.54, 1.807) is 13.3 Å². The quantitative estimate of drug-likeness (QED) is 0.355. The van der Waals surface area contributed by atoms with E-state index in [9.17, 15) is 4.79 Å². The number of carbonyl (C=O) groups excluding carboxylic acids is 1. The van der Waals surface area contributed by atoms with Gasteiger partial charge in [-0.05, 0) is 45.5 Å². The molecule has 1 amide bonds. The Morgan fingerprint density at radius 3 is 2.71 bits per heavy atom. The molecule has 1 aliphatic heterocycles. The van der Waals surface area contributed by atoms with Crippen molar-refractivity contribution in [3.63, 3.8) is 0 Å². The lowest BCUT2D eigenvalue weighted by Crippen LogP contribution is -2.47. The maximum Gasteiger partial charge on any atom is 0.225 e. The van der Waals surface area contributed by atoms with Gasteiger partial charge in [0, 0.05) is 38.6 Å². The number of nitrogens with one attached hydrogen (secondary N) is 2. The van der Waals surface area contributed by atoms with E-state index in [0.29, 0.717) is 12.5 Å². The SMILES string of the molecule is CN=C(NCC(c1ccco1)N(C)C)NC1CCN(C(=O)C2CCCC2)C1.I. The first-order valence-electron chi connectivity index (χ1n) is 10.0. The highest BCUT2D eigenvalue weighted by atomic mass is 127. The van der Waals surface area contributed by atoms with Gasteiger partial charge in [0.05, 0.1) is 12.3 Å². The number of halogens is 1. The van der Waals surface area contributed by atoms with Crippen molar-refractivity contribution in [3.05, 3.63) is 24.2 Å². The van der Waals surface area contributed by atoms with Crippen LogP contribution in [0.2, 0.25) is 0 Å². The Kier molecular flexibility index (Phi) is 9.07. The Hall–Kier alpha value is -1.29. The fourth-order valence-corrected chi connectivity index (χ4v) is 4.11. The van der Waals surface area contributed by atoms with Crippen molar-refractivity contribution < 1.29 is 9.21 Å². The van der Waals surface area contributed by atoms with Crippen LogP contribution in [-0.2, 0) is 4.79 Å². The van der Waals surface area contributed by atoms with Crippen molar-refractivity contribution in [2.45, 2.75) is 44.2 Å². The minimum Gasteiger partial charge on any atom is -0.468 e. The summed E-state index contributed by atoms with van der Waals surface area (Å²) in [5.41, 5.74) is 0. The normalized spacial score (nSPS) is 21.6. The van der Waals surface area contributed by atoms with Gasteiger partial charge in [0.2, 0.25) is 5.91 Å². The predicted octanol–water partition coefficient (Wildman–Crippen LogP) is 2.46. The molecule has 3 rings (SSSR count). The summed E-state index contributed by atoms with van der Waals surface area (Å²) in [6.07, 6.45) is 7.20. The highest BCUT2D eigenvalue weighted by molar-refractivity contribution is 14.0. The molecule has 1 saturated carbocycles. The van der Waals surface area contributed by atoms with Crippen LogP contribution in [0.25, 0.3) is 0 Å². The molecule has 7 nitrogen and oxygen atoms in total. The third-order valence-corrected chi connectivity index (χ3v) is 5.73. The van der Waals surface area contributed by atoms with Crippen molar-refractivity contribution in [2.75, 3.05) is 40.8 Å². The molecule has 2 N–H and O–H groups in total. The molecule has 1 aromatic rings. The molecule has 0 spiro atoms.